The predicted molar refractivity (Wildman–Crippen MR) is 34.0 cm³/mol. The van der Waals surface area contributed by atoms with Crippen molar-refractivity contribution in [3.63, 3.8) is 0 Å². The van der Waals surface area contributed by atoms with Crippen molar-refractivity contribution < 1.29 is 0 Å². The Balaban J connectivity index is 3.72. The molecule has 0 atom stereocenters. The van der Waals surface area contributed by atoms with E-state index >= 15 is 0 Å². The molecule has 1 radical (unpaired) electrons. The molecule has 0 bridgehead atoms. The van der Waals surface area contributed by atoms with Crippen LogP contribution in [0.3, 0.4) is 0 Å². The maximum absolute atomic E-state index is 3.75. The third-order valence-electron chi connectivity index (χ3n) is 1.23. The number of rotatable bonds is 1. The Morgan fingerprint density at radius 3 is 1.71 bits per heavy atom. The van der Waals surface area contributed by atoms with E-state index in [1.165, 1.54) is 11.1 Å². The molecule has 0 saturated carbocycles. The molecular weight excluding hydrogens is 84.1 g/mol. The van der Waals surface area contributed by atoms with Crippen molar-refractivity contribution in [3.8, 4) is 0 Å². The lowest BCUT2D eigenvalue weighted by atomic mass is 10.1. The Hall–Kier alpha value is -0.260. The minimum absolute atomic E-state index is 0.947. The summed E-state index contributed by atoms with van der Waals surface area (Å²) >= 11 is 0. The van der Waals surface area contributed by atoms with Crippen LogP contribution in [0.4, 0.5) is 0 Å². The molecule has 0 aromatic rings. The third kappa shape index (κ3) is 2.44. The molecule has 0 aliphatic heterocycles. The normalized spacial score (nSPS) is 8.57. The molecule has 0 N–H and O–H groups in total. The van der Waals surface area contributed by atoms with Crippen LogP contribution in [-0.4, -0.2) is 0 Å². The first-order chi connectivity index (χ1) is 3.18. The van der Waals surface area contributed by atoms with E-state index in [0.29, 0.717) is 0 Å². The second-order valence-electron chi connectivity index (χ2n) is 2.03. The summed E-state index contributed by atoms with van der Waals surface area (Å²) in [5, 5.41) is 0. The molecule has 0 aliphatic carbocycles. The molecule has 0 rings (SSSR count). The molecule has 41 valence electrons. The summed E-state index contributed by atoms with van der Waals surface area (Å²) in [7, 11) is 0. The SMILES string of the molecule is [CH2]CC(C)=C(C)C. The van der Waals surface area contributed by atoms with Crippen molar-refractivity contribution in [2.24, 2.45) is 0 Å². The van der Waals surface area contributed by atoms with Crippen LogP contribution >= 0.6 is 0 Å². The average Bonchev–Trinajstić information content (AvgIpc) is 1.65. The maximum Gasteiger partial charge on any atom is -0.0320 e. The van der Waals surface area contributed by atoms with Crippen LogP contribution in [0.15, 0.2) is 11.1 Å². The van der Waals surface area contributed by atoms with Crippen molar-refractivity contribution in [2.45, 2.75) is 27.2 Å². The summed E-state index contributed by atoms with van der Waals surface area (Å²) < 4.78 is 0. The Labute approximate surface area is 46.2 Å². The first-order valence-electron chi connectivity index (χ1n) is 2.60. The standard InChI is InChI=1S/C7H13/c1-5-7(4)6(2)3/h1,5H2,2-4H3. The van der Waals surface area contributed by atoms with Crippen molar-refractivity contribution in [2.75, 3.05) is 0 Å². The molecule has 0 amide bonds. The zero-order valence-corrected chi connectivity index (χ0v) is 5.41. The zero-order valence-electron chi connectivity index (χ0n) is 5.41. The summed E-state index contributed by atoms with van der Waals surface area (Å²) in [6.07, 6.45) is 0.947. The van der Waals surface area contributed by atoms with Gasteiger partial charge in [0.2, 0.25) is 0 Å². The van der Waals surface area contributed by atoms with Crippen LogP contribution in [0, 0.1) is 6.92 Å². The van der Waals surface area contributed by atoms with Gasteiger partial charge < -0.3 is 0 Å². The van der Waals surface area contributed by atoms with E-state index in [1.54, 1.807) is 0 Å². The second kappa shape index (κ2) is 2.84. The molecule has 0 aromatic heterocycles. The van der Waals surface area contributed by atoms with Gasteiger partial charge in [-0.1, -0.05) is 11.1 Å². The Bertz CT molecular complexity index is 74.0. The summed E-state index contributed by atoms with van der Waals surface area (Å²) in [5.74, 6) is 0. The molecule has 0 unspecified atom stereocenters. The Kier molecular flexibility index (Phi) is 2.73. The van der Waals surface area contributed by atoms with Crippen LogP contribution < -0.4 is 0 Å². The minimum atomic E-state index is 0.947. The lowest BCUT2D eigenvalue weighted by molar-refractivity contribution is 1.13. The van der Waals surface area contributed by atoms with Crippen LogP contribution in [0.2, 0.25) is 0 Å². The van der Waals surface area contributed by atoms with E-state index < -0.39 is 0 Å². The summed E-state index contributed by atoms with van der Waals surface area (Å²) in [4.78, 5) is 0. The monoisotopic (exact) mass is 97.1 g/mol. The first-order valence-corrected chi connectivity index (χ1v) is 2.60. The van der Waals surface area contributed by atoms with Gasteiger partial charge in [-0.25, -0.2) is 0 Å². The average molecular weight is 97.2 g/mol. The van der Waals surface area contributed by atoms with Gasteiger partial charge in [-0.15, -0.1) is 0 Å². The van der Waals surface area contributed by atoms with Crippen molar-refractivity contribution >= 4 is 0 Å². The summed E-state index contributed by atoms with van der Waals surface area (Å²) in [6.45, 7) is 10.1. The lowest BCUT2D eigenvalue weighted by Gasteiger charge is -1.94. The molecule has 0 aliphatic rings. The van der Waals surface area contributed by atoms with Gasteiger partial charge in [0.25, 0.3) is 0 Å². The highest BCUT2D eigenvalue weighted by Gasteiger charge is 1.83. The first kappa shape index (κ1) is 6.74. The topological polar surface area (TPSA) is 0 Å². The van der Waals surface area contributed by atoms with Crippen LogP contribution in [-0.2, 0) is 0 Å². The van der Waals surface area contributed by atoms with Gasteiger partial charge in [0, 0.05) is 0 Å². The number of hydrogen-bond acceptors (Lipinski definition) is 0. The fourth-order valence-electron chi connectivity index (χ4n) is 0.250. The van der Waals surface area contributed by atoms with Gasteiger partial charge in [0.1, 0.15) is 0 Å². The molecule has 0 aromatic carbocycles. The zero-order chi connectivity index (χ0) is 5.86. The van der Waals surface area contributed by atoms with Gasteiger partial charge in [-0.05, 0) is 34.1 Å². The highest BCUT2D eigenvalue weighted by Crippen LogP contribution is 2.03. The number of allylic oxidation sites excluding steroid dienone is 2. The quantitative estimate of drug-likeness (QED) is 0.441. The maximum atomic E-state index is 3.75. The highest BCUT2D eigenvalue weighted by molar-refractivity contribution is 5.06. The van der Waals surface area contributed by atoms with E-state index in [-0.39, 0.29) is 0 Å². The van der Waals surface area contributed by atoms with Gasteiger partial charge in [0.15, 0.2) is 0 Å². The van der Waals surface area contributed by atoms with E-state index in [4.69, 9.17) is 0 Å². The third-order valence-corrected chi connectivity index (χ3v) is 1.23. The van der Waals surface area contributed by atoms with Crippen LogP contribution in [0.5, 0.6) is 0 Å². The van der Waals surface area contributed by atoms with E-state index in [0.717, 1.165) is 6.42 Å². The highest BCUT2D eigenvalue weighted by atomic mass is 13.9. The molecule has 0 saturated heterocycles. The van der Waals surface area contributed by atoms with Crippen molar-refractivity contribution in [1.82, 2.24) is 0 Å². The Morgan fingerprint density at radius 1 is 1.29 bits per heavy atom. The molecule has 0 nitrogen and oxygen atoms in total. The van der Waals surface area contributed by atoms with E-state index in [2.05, 4.69) is 27.7 Å². The van der Waals surface area contributed by atoms with Crippen LogP contribution in [0.1, 0.15) is 27.2 Å². The minimum Gasteiger partial charge on any atom is -0.0775 e. The van der Waals surface area contributed by atoms with Gasteiger partial charge in [-0.2, -0.15) is 0 Å². The predicted octanol–water partition coefficient (Wildman–Crippen LogP) is 2.57. The fourth-order valence-corrected chi connectivity index (χ4v) is 0.250. The van der Waals surface area contributed by atoms with Gasteiger partial charge >= 0.3 is 0 Å². The second-order valence-corrected chi connectivity index (χ2v) is 2.03. The Morgan fingerprint density at radius 2 is 1.71 bits per heavy atom. The summed E-state index contributed by atoms with van der Waals surface area (Å²) in [6, 6.07) is 0. The van der Waals surface area contributed by atoms with Gasteiger partial charge in [0.05, 0.1) is 0 Å². The smallest absolute Gasteiger partial charge is 0.0320 e. The molecular formula is C7H13. The lowest BCUT2D eigenvalue weighted by Crippen LogP contribution is -1.73. The molecule has 7 heavy (non-hydrogen) atoms. The van der Waals surface area contributed by atoms with Crippen molar-refractivity contribution in [3.05, 3.63) is 18.1 Å². The van der Waals surface area contributed by atoms with Crippen molar-refractivity contribution in [1.29, 1.82) is 0 Å². The van der Waals surface area contributed by atoms with Crippen LogP contribution in [0.25, 0.3) is 0 Å². The largest absolute Gasteiger partial charge is 0.0775 e. The van der Waals surface area contributed by atoms with E-state index in [9.17, 15) is 0 Å². The molecule has 0 spiro atoms. The summed E-state index contributed by atoms with van der Waals surface area (Å²) in [5.41, 5.74) is 2.80. The van der Waals surface area contributed by atoms with E-state index in [1.807, 2.05) is 0 Å². The molecule has 0 heterocycles. The van der Waals surface area contributed by atoms with Gasteiger partial charge in [-0.3, -0.25) is 0 Å². The number of hydrogen-bond donors (Lipinski definition) is 0. The fraction of sp³-hybridized carbons (Fsp3) is 0.571. The molecule has 0 heteroatoms. The molecule has 0 fully saturated rings.